The second kappa shape index (κ2) is 4.77. The number of carbonyl (C=O) groups is 2. The van der Waals surface area contributed by atoms with Crippen molar-refractivity contribution in [3.05, 3.63) is 0 Å². The van der Waals surface area contributed by atoms with Gasteiger partial charge in [0, 0.05) is 11.8 Å². The molecule has 0 aromatic heterocycles. The molecular formula is C12H23NO2. The van der Waals surface area contributed by atoms with Gasteiger partial charge in [0.15, 0.2) is 5.78 Å². The van der Waals surface area contributed by atoms with Crippen LogP contribution in [0.2, 0.25) is 0 Å². The number of nitrogens with one attached hydrogen (secondary N) is 1. The maximum absolute atomic E-state index is 11.5. The third kappa shape index (κ3) is 7.11. The first-order valence-electron chi connectivity index (χ1n) is 5.32. The fourth-order valence-electron chi connectivity index (χ4n) is 0.988. The van der Waals surface area contributed by atoms with Crippen LogP contribution in [0.3, 0.4) is 0 Å². The molecule has 3 nitrogen and oxygen atoms in total. The van der Waals surface area contributed by atoms with Crippen molar-refractivity contribution >= 4 is 11.7 Å². The van der Waals surface area contributed by atoms with Crippen molar-refractivity contribution in [1.82, 2.24) is 5.32 Å². The van der Waals surface area contributed by atoms with Crippen LogP contribution in [0.4, 0.5) is 0 Å². The Morgan fingerprint density at radius 2 is 1.47 bits per heavy atom. The summed E-state index contributed by atoms with van der Waals surface area (Å²) in [7, 11) is 0. The number of Topliss-reactive ketones (excluding diaryl/α,β-unsaturated/α-hetero) is 1. The number of hydrogen-bond acceptors (Lipinski definition) is 2. The van der Waals surface area contributed by atoms with Crippen molar-refractivity contribution in [3.8, 4) is 0 Å². The highest BCUT2D eigenvalue weighted by molar-refractivity contribution is 5.89. The molecule has 0 aromatic rings. The van der Waals surface area contributed by atoms with E-state index in [0.717, 1.165) is 0 Å². The highest BCUT2D eigenvalue weighted by atomic mass is 16.2. The zero-order valence-electron chi connectivity index (χ0n) is 10.7. The van der Waals surface area contributed by atoms with Gasteiger partial charge in [-0.3, -0.25) is 9.59 Å². The lowest BCUT2D eigenvalue weighted by Gasteiger charge is -2.19. The zero-order chi connectivity index (χ0) is 12.3. The summed E-state index contributed by atoms with van der Waals surface area (Å²) in [6, 6.07) is 0. The Morgan fingerprint density at radius 3 is 1.80 bits per heavy atom. The van der Waals surface area contributed by atoms with Gasteiger partial charge in [-0.05, 0) is 5.41 Å². The molecule has 0 saturated carbocycles. The van der Waals surface area contributed by atoms with Crippen molar-refractivity contribution in [2.75, 3.05) is 6.54 Å². The van der Waals surface area contributed by atoms with Gasteiger partial charge < -0.3 is 5.32 Å². The van der Waals surface area contributed by atoms with Crippen LogP contribution in [0.25, 0.3) is 0 Å². The number of carbonyl (C=O) groups excluding carboxylic acids is 2. The van der Waals surface area contributed by atoms with E-state index in [-0.39, 0.29) is 29.1 Å². The average Bonchev–Trinajstić information content (AvgIpc) is 1.94. The molecule has 0 unspecified atom stereocenters. The first kappa shape index (κ1) is 14.1. The van der Waals surface area contributed by atoms with Gasteiger partial charge in [-0.1, -0.05) is 41.5 Å². The maximum atomic E-state index is 11.5. The van der Waals surface area contributed by atoms with Crippen LogP contribution in [-0.4, -0.2) is 18.2 Å². The third-order valence-corrected chi connectivity index (χ3v) is 1.97. The van der Waals surface area contributed by atoms with E-state index in [9.17, 15) is 9.59 Å². The first-order valence-corrected chi connectivity index (χ1v) is 5.32. The minimum absolute atomic E-state index is 0.0329. The lowest BCUT2D eigenvalue weighted by Crippen LogP contribution is -2.36. The van der Waals surface area contributed by atoms with Gasteiger partial charge in [-0.25, -0.2) is 0 Å². The third-order valence-electron chi connectivity index (χ3n) is 1.97. The summed E-state index contributed by atoms with van der Waals surface area (Å²) >= 11 is 0. The lowest BCUT2D eigenvalue weighted by atomic mass is 9.90. The summed E-state index contributed by atoms with van der Waals surface area (Å²) in [6.07, 6.45) is 0.449. The topological polar surface area (TPSA) is 46.2 Å². The van der Waals surface area contributed by atoms with Crippen LogP contribution in [0, 0.1) is 10.8 Å². The minimum Gasteiger partial charge on any atom is -0.349 e. The van der Waals surface area contributed by atoms with Crippen LogP contribution in [0.5, 0.6) is 0 Å². The van der Waals surface area contributed by atoms with Gasteiger partial charge in [-0.15, -0.1) is 0 Å². The van der Waals surface area contributed by atoms with E-state index in [1.165, 1.54) is 0 Å². The van der Waals surface area contributed by atoms with E-state index in [2.05, 4.69) is 5.32 Å². The molecule has 0 atom stereocenters. The molecule has 0 aromatic carbocycles. The van der Waals surface area contributed by atoms with Crippen LogP contribution in [0.15, 0.2) is 0 Å². The van der Waals surface area contributed by atoms with Gasteiger partial charge in [0.1, 0.15) is 0 Å². The molecule has 0 aliphatic carbocycles. The molecular weight excluding hydrogens is 190 g/mol. The summed E-state index contributed by atoms with van der Waals surface area (Å²) in [5, 5.41) is 2.66. The van der Waals surface area contributed by atoms with E-state index >= 15 is 0 Å². The molecule has 0 heterocycles. The summed E-state index contributed by atoms with van der Waals surface area (Å²) in [5.74, 6) is 0.00450. The Kier molecular flexibility index (Phi) is 4.50. The predicted molar refractivity (Wildman–Crippen MR) is 61.5 cm³/mol. The molecule has 0 fully saturated rings. The van der Waals surface area contributed by atoms with Crippen molar-refractivity contribution in [2.24, 2.45) is 10.8 Å². The van der Waals surface area contributed by atoms with E-state index in [0.29, 0.717) is 6.42 Å². The molecule has 0 aliphatic rings. The van der Waals surface area contributed by atoms with Crippen molar-refractivity contribution in [3.63, 3.8) is 0 Å². The van der Waals surface area contributed by atoms with Crippen molar-refractivity contribution in [1.29, 1.82) is 0 Å². The van der Waals surface area contributed by atoms with Gasteiger partial charge in [0.25, 0.3) is 0 Å². The monoisotopic (exact) mass is 213 g/mol. The zero-order valence-corrected chi connectivity index (χ0v) is 10.7. The predicted octanol–water partition coefficient (Wildman–Crippen LogP) is 2.15. The highest BCUT2D eigenvalue weighted by Crippen LogP contribution is 2.18. The van der Waals surface area contributed by atoms with E-state index in [4.69, 9.17) is 0 Å². The molecule has 1 amide bonds. The smallest absolute Gasteiger partial charge is 0.220 e. The van der Waals surface area contributed by atoms with Crippen LogP contribution in [-0.2, 0) is 9.59 Å². The molecule has 88 valence electrons. The number of rotatable bonds is 3. The van der Waals surface area contributed by atoms with Gasteiger partial charge >= 0.3 is 0 Å². The van der Waals surface area contributed by atoms with E-state index in [1.54, 1.807) is 0 Å². The Labute approximate surface area is 92.6 Å². The SMILES string of the molecule is CC(C)(C)CC(=O)NCC(=O)C(C)(C)C. The molecule has 1 N–H and O–H groups in total. The number of ketones is 1. The molecule has 3 heteroatoms. The second-order valence-corrected chi connectivity index (χ2v) is 6.19. The quantitative estimate of drug-likeness (QED) is 0.781. The molecule has 0 radical (unpaired) electrons. The number of amides is 1. The molecule has 0 bridgehead atoms. The first-order chi connectivity index (χ1) is 6.52. The lowest BCUT2D eigenvalue weighted by molar-refractivity contribution is -0.129. The Bertz CT molecular complexity index is 243. The van der Waals surface area contributed by atoms with Crippen LogP contribution in [0.1, 0.15) is 48.0 Å². The number of hydrogen-bond donors (Lipinski definition) is 1. The maximum Gasteiger partial charge on any atom is 0.220 e. The standard InChI is InChI=1S/C12H23NO2/c1-11(2,3)7-10(15)13-8-9(14)12(4,5)6/h7-8H2,1-6H3,(H,13,15). The van der Waals surface area contributed by atoms with E-state index in [1.807, 2.05) is 41.5 Å². The molecule has 0 rings (SSSR count). The summed E-state index contributed by atoms with van der Waals surface area (Å²) in [5.41, 5.74) is -0.413. The average molecular weight is 213 g/mol. The molecule has 0 saturated heterocycles. The van der Waals surface area contributed by atoms with Crippen molar-refractivity contribution in [2.45, 2.75) is 48.0 Å². The highest BCUT2D eigenvalue weighted by Gasteiger charge is 2.22. The van der Waals surface area contributed by atoms with E-state index < -0.39 is 0 Å². The van der Waals surface area contributed by atoms with Crippen molar-refractivity contribution < 1.29 is 9.59 Å². The van der Waals surface area contributed by atoms with Crippen LogP contribution < -0.4 is 5.32 Å². The largest absolute Gasteiger partial charge is 0.349 e. The molecule has 0 spiro atoms. The molecule has 15 heavy (non-hydrogen) atoms. The van der Waals surface area contributed by atoms with Gasteiger partial charge in [0.2, 0.25) is 5.91 Å². The fraction of sp³-hybridized carbons (Fsp3) is 0.833. The second-order valence-electron chi connectivity index (χ2n) is 6.19. The van der Waals surface area contributed by atoms with Gasteiger partial charge in [-0.2, -0.15) is 0 Å². The summed E-state index contributed by atoms with van der Waals surface area (Å²) in [4.78, 5) is 22.9. The molecule has 0 aliphatic heterocycles. The normalized spacial score (nSPS) is 12.4. The Hall–Kier alpha value is -0.860. The summed E-state index contributed by atoms with van der Waals surface area (Å²) < 4.78 is 0. The van der Waals surface area contributed by atoms with Crippen LogP contribution >= 0.6 is 0 Å². The summed E-state index contributed by atoms with van der Waals surface area (Å²) in [6.45, 7) is 11.7. The Balaban J connectivity index is 3.98. The fourth-order valence-corrected chi connectivity index (χ4v) is 0.988. The van der Waals surface area contributed by atoms with Gasteiger partial charge in [0.05, 0.1) is 6.54 Å². The Morgan fingerprint density at radius 1 is 1.00 bits per heavy atom. The minimum atomic E-state index is -0.380.